The molecule has 4 fully saturated rings. The van der Waals surface area contributed by atoms with Crippen LogP contribution in [-0.2, 0) is 19.1 Å². The van der Waals surface area contributed by atoms with Crippen LogP contribution in [0.25, 0.3) is 22.5 Å². The van der Waals surface area contributed by atoms with Crippen LogP contribution in [0, 0.1) is 23.7 Å². The summed E-state index contributed by atoms with van der Waals surface area (Å²) in [6.07, 6.45) is 0.449. The Morgan fingerprint density at radius 1 is 0.641 bits per heavy atom. The summed E-state index contributed by atoms with van der Waals surface area (Å²) in [6.45, 7) is -0.386. The fourth-order valence-corrected chi connectivity index (χ4v) is 8.99. The number of imidazole rings is 2. The lowest BCUT2D eigenvalue weighted by Crippen LogP contribution is -2.53. The molecule has 0 spiro atoms. The van der Waals surface area contributed by atoms with E-state index in [2.05, 4.69) is 42.4 Å². The number of ether oxygens (including phenoxy) is 2. The summed E-state index contributed by atoms with van der Waals surface area (Å²) in [6, 6.07) is 9.65. The van der Waals surface area contributed by atoms with Crippen LogP contribution in [0.1, 0.15) is 73.4 Å². The molecule has 0 bridgehead atoms. The lowest BCUT2D eigenvalue weighted by molar-refractivity contribution is -0.138. The Bertz CT molecular complexity index is 2240. The summed E-state index contributed by atoms with van der Waals surface area (Å²) in [5.41, 5.74) is 3.77. The zero-order valence-electron chi connectivity index (χ0n) is 34.4. The minimum Gasteiger partial charge on any atom is -0.465 e. The van der Waals surface area contributed by atoms with Gasteiger partial charge < -0.3 is 50.1 Å². The van der Waals surface area contributed by atoms with Crippen molar-refractivity contribution >= 4 is 24.0 Å². The number of carbonyl (C=O) groups is 4. The highest BCUT2D eigenvalue weighted by atomic mass is 19.3. The van der Waals surface area contributed by atoms with Gasteiger partial charge in [-0.3, -0.25) is 9.59 Å². The molecule has 6 N–H and O–H groups in total. The van der Waals surface area contributed by atoms with Gasteiger partial charge in [-0.1, -0.05) is 36.1 Å². The molecule has 0 aliphatic carbocycles. The number of carbonyl (C=O) groups excluding carboxylic acids is 2. The number of halogens is 4. The van der Waals surface area contributed by atoms with Gasteiger partial charge in [0.25, 0.3) is 11.8 Å². The maximum atomic E-state index is 14.9. The van der Waals surface area contributed by atoms with Crippen molar-refractivity contribution in [1.82, 2.24) is 40.4 Å². The quantitative estimate of drug-likeness (QED) is 0.0830. The van der Waals surface area contributed by atoms with Crippen molar-refractivity contribution in [3.8, 4) is 34.4 Å². The summed E-state index contributed by atoms with van der Waals surface area (Å²) in [4.78, 5) is 67.6. The number of aromatic nitrogens is 4. The first kappa shape index (κ1) is 44.2. The number of rotatable bonds is 10. The van der Waals surface area contributed by atoms with E-state index in [9.17, 15) is 47.0 Å². The number of aromatic amines is 2. The number of alkyl halides is 4. The summed E-state index contributed by atoms with van der Waals surface area (Å²) in [5.74, 6) is -2.16. The Morgan fingerprint density at radius 2 is 1.00 bits per heavy atom. The number of hydrogen-bond donors (Lipinski definition) is 6. The minimum absolute atomic E-state index is 0.155. The molecule has 0 radical (unpaired) electrons. The highest BCUT2D eigenvalue weighted by Crippen LogP contribution is 2.43. The predicted molar refractivity (Wildman–Crippen MR) is 219 cm³/mol. The van der Waals surface area contributed by atoms with Crippen LogP contribution in [0.3, 0.4) is 0 Å². The SMILES string of the molecule is O=C(O)N[C@@H](C(=O)N1CC(F)(F)C[C@H]1c1ncc(-c2ccc(C#Cc3ccc(-c4cnc([C@@H]5CC(F)(F)CN5C(=O)[C@H](NC(=O)O)C5CCOCC5)[nH]4)cc3)cc2)[nH]1)C1CCOCC1. The van der Waals surface area contributed by atoms with Gasteiger partial charge in [0.05, 0.1) is 49.0 Å². The van der Waals surface area contributed by atoms with Crippen molar-refractivity contribution in [3.05, 3.63) is 83.7 Å². The van der Waals surface area contributed by atoms with E-state index in [-0.39, 0.29) is 11.6 Å². The van der Waals surface area contributed by atoms with E-state index in [1.807, 2.05) is 0 Å². The number of H-pyrrole nitrogens is 2. The second-order valence-electron chi connectivity index (χ2n) is 16.6. The van der Waals surface area contributed by atoms with Gasteiger partial charge >= 0.3 is 12.2 Å². The molecule has 0 unspecified atom stereocenters. The van der Waals surface area contributed by atoms with E-state index in [0.29, 0.717) is 85.8 Å². The maximum absolute atomic E-state index is 14.9. The molecule has 6 heterocycles. The van der Waals surface area contributed by atoms with E-state index in [1.165, 1.54) is 12.4 Å². The zero-order valence-corrected chi connectivity index (χ0v) is 34.4. The lowest BCUT2D eigenvalue weighted by Gasteiger charge is -2.33. The Hall–Kier alpha value is -6.46. The third-order valence-electron chi connectivity index (χ3n) is 12.2. The number of nitrogens with one attached hydrogen (secondary N) is 4. The number of benzene rings is 2. The van der Waals surface area contributed by atoms with Gasteiger partial charge in [-0.05, 0) is 72.9 Å². The van der Waals surface area contributed by atoms with Gasteiger partial charge in [-0.25, -0.2) is 37.1 Å². The van der Waals surface area contributed by atoms with Gasteiger partial charge in [-0.2, -0.15) is 0 Å². The first-order chi connectivity index (χ1) is 30.6. The molecule has 338 valence electrons. The average Bonchev–Trinajstić information content (AvgIpc) is 4.10. The second kappa shape index (κ2) is 18.3. The van der Waals surface area contributed by atoms with Gasteiger partial charge in [0.2, 0.25) is 11.8 Å². The van der Waals surface area contributed by atoms with E-state index < -0.39 is 97.8 Å². The molecule has 4 aromatic rings. The smallest absolute Gasteiger partial charge is 0.405 e. The number of hydrogen-bond acceptors (Lipinski definition) is 8. The van der Waals surface area contributed by atoms with E-state index in [0.717, 1.165) is 9.80 Å². The third-order valence-corrected chi connectivity index (χ3v) is 12.2. The van der Waals surface area contributed by atoms with Crippen LogP contribution >= 0.6 is 0 Å². The standard InChI is InChI=1S/C44H46F4N8O8/c45-43(46)19-33(55(23-43)39(57)35(53-41(59)60)29-11-15-63-16-12-29)37-49-21-31(51-37)27-7-3-25(4-8-27)1-2-26-5-9-28(10-6-26)32-22-50-38(52-32)34-20-44(47,48)24-56(34)40(58)36(54-42(61)62)30-13-17-64-18-14-30/h3-10,21-22,29-30,33-36,53-54H,11-20,23-24H2,(H,49,51)(H,50,52)(H,59,60)(H,61,62)/t33-,34-,35+,36+/m0/s1. The van der Waals surface area contributed by atoms with Crippen molar-refractivity contribution < 1.29 is 56.4 Å². The Morgan fingerprint density at radius 3 is 1.34 bits per heavy atom. The summed E-state index contributed by atoms with van der Waals surface area (Å²) < 4.78 is 70.2. The van der Waals surface area contributed by atoms with Crippen LogP contribution in [0.4, 0.5) is 27.2 Å². The molecule has 4 aliphatic rings. The van der Waals surface area contributed by atoms with Gasteiger partial charge in [0, 0.05) is 50.4 Å². The van der Waals surface area contributed by atoms with Gasteiger partial charge in [0.1, 0.15) is 23.7 Å². The van der Waals surface area contributed by atoms with Crippen LogP contribution in [-0.4, -0.2) is 127 Å². The fourth-order valence-electron chi connectivity index (χ4n) is 8.99. The van der Waals surface area contributed by atoms with Gasteiger partial charge in [-0.15, -0.1) is 0 Å². The van der Waals surface area contributed by atoms with Gasteiger partial charge in [0.15, 0.2) is 0 Å². The Balaban J connectivity index is 0.919. The molecule has 20 heteroatoms. The molecule has 64 heavy (non-hydrogen) atoms. The molecule has 4 atom stereocenters. The Kier molecular flexibility index (Phi) is 12.6. The topological polar surface area (TPSA) is 215 Å². The fraction of sp³-hybridized carbons (Fsp3) is 0.455. The number of amides is 4. The molecular weight excluding hydrogens is 845 g/mol. The van der Waals surface area contributed by atoms with E-state index in [4.69, 9.17) is 9.47 Å². The highest BCUT2D eigenvalue weighted by molar-refractivity contribution is 5.87. The molecule has 8 rings (SSSR count). The summed E-state index contributed by atoms with van der Waals surface area (Å²) >= 11 is 0. The van der Waals surface area contributed by atoms with E-state index in [1.54, 1.807) is 48.5 Å². The molecule has 4 saturated heterocycles. The molecule has 4 aliphatic heterocycles. The Labute approximate surface area is 364 Å². The number of likely N-dealkylation sites (tertiary alicyclic amines) is 2. The minimum atomic E-state index is -3.21. The molecule has 0 saturated carbocycles. The van der Waals surface area contributed by atoms with Crippen molar-refractivity contribution in [2.45, 2.75) is 74.5 Å². The normalized spacial score (nSPS) is 22.0. The van der Waals surface area contributed by atoms with Crippen LogP contribution in [0.15, 0.2) is 60.9 Å². The van der Waals surface area contributed by atoms with E-state index >= 15 is 0 Å². The largest absolute Gasteiger partial charge is 0.465 e. The summed E-state index contributed by atoms with van der Waals surface area (Å²) in [7, 11) is 0. The van der Waals surface area contributed by atoms with Crippen molar-refractivity contribution in [2.24, 2.45) is 11.8 Å². The van der Waals surface area contributed by atoms with Crippen LogP contribution in [0.2, 0.25) is 0 Å². The molecule has 4 amide bonds. The summed E-state index contributed by atoms with van der Waals surface area (Å²) in [5, 5.41) is 23.4. The maximum Gasteiger partial charge on any atom is 0.405 e. The monoisotopic (exact) mass is 890 g/mol. The van der Waals surface area contributed by atoms with Crippen LogP contribution < -0.4 is 10.6 Å². The zero-order chi connectivity index (χ0) is 45.2. The molecule has 2 aromatic carbocycles. The van der Waals surface area contributed by atoms with Crippen molar-refractivity contribution in [3.63, 3.8) is 0 Å². The highest BCUT2D eigenvalue weighted by Gasteiger charge is 2.52. The first-order valence-corrected chi connectivity index (χ1v) is 21.0. The molecular formula is C44H46F4N8O8. The molecule has 16 nitrogen and oxygen atoms in total. The number of carboxylic acid groups (broad SMARTS) is 2. The van der Waals surface area contributed by atoms with Crippen LogP contribution in [0.5, 0.6) is 0 Å². The second-order valence-corrected chi connectivity index (χ2v) is 16.6. The predicted octanol–water partition coefficient (Wildman–Crippen LogP) is 5.81. The van der Waals surface area contributed by atoms with Crippen molar-refractivity contribution in [2.75, 3.05) is 39.5 Å². The average molecular weight is 891 g/mol. The first-order valence-electron chi connectivity index (χ1n) is 21.0. The molecule has 2 aromatic heterocycles. The lowest BCUT2D eigenvalue weighted by atomic mass is 9.90. The van der Waals surface area contributed by atoms with Crippen molar-refractivity contribution in [1.29, 1.82) is 0 Å². The third kappa shape index (κ3) is 10.00. The number of nitrogens with zero attached hydrogens (tertiary/aromatic N) is 4.